The topological polar surface area (TPSA) is 103 Å². The molecule has 0 bridgehead atoms. The first-order valence-corrected chi connectivity index (χ1v) is 18.2. The van der Waals surface area contributed by atoms with Crippen molar-refractivity contribution in [3.05, 3.63) is 125 Å². The lowest BCUT2D eigenvalue weighted by atomic mass is 10.0. The number of rotatable bonds is 13. The van der Waals surface area contributed by atoms with Crippen molar-refractivity contribution in [2.75, 3.05) is 13.1 Å². The van der Waals surface area contributed by atoms with Crippen LogP contribution < -0.4 is 0 Å². The van der Waals surface area contributed by atoms with E-state index in [4.69, 9.17) is 4.98 Å². The highest BCUT2D eigenvalue weighted by Gasteiger charge is 2.34. The zero-order chi connectivity index (χ0) is 35.2. The Morgan fingerprint density at radius 2 is 1.12 bits per heavy atom. The second-order valence-electron chi connectivity index (χ2n) is 13.9. The molecule has 8 heteroatoms. The van der Waals surface area contributed by atoms with Crippen molar-refractivity contribution in [3.63, 3.8) is 0 Å². The van der Waals surface area contributed by atoms with Crippen molar-refractivity contribution < 1.29 is 19.2 Å². The van der Waals surface area contributed by atoms with Crippen LogP contribution in [0.25, 0.3) is 22.4 Å². The van der Waals surface area contributed by atoms with Gasteiger partial charge in [0.25, 0.3) is 0 Å². The minimum Gasteiger partial charge on any atom is -0.338 e. The van der Waals surface area contributed by atoms with Gasteiger partial charge in [-0.2, -0.15) is 0 Å². The van der Waals surface area contributed by atoms with Crippen LogP contribution in [0.2, 0.25) is 0 Å². The van der Waals surface area contributed by atoms with Crippen LogP contribution in [0.5, 0.6) is 0 Å². The fourth-order valence-electron chi connectivity index (χ4n) is 7.60. The van der Waals surface area contributed by atoms with E-state index in [9.17, 15) is 19.2 Å². The van der Waals surface area contributed by atoms with E-state index in [1.165, 1.54) is 0 Å². The van der Waals surface area contributed by atoms with Crippen LogP contribution in [0.15, 0.2) is 103 Å². The van der Waals surface area contributed by atoms with Crippen molar-refractivity contribution in [2.24, 2.45) is 0 Å². The van der Waals surface area contributed by atoms with E-state index in [2.05, 4.69) is 4.98 Å². The highest BCUT2D eigenvalue weighted by Crippen LogP contribution is 2.26. The summed E-state index contributed by atoms with van der Waals surface area (Å²) in [6, 6.07) is 32.9. The van der Waals surface area contributed by atoms with Gasteiger partial charge < -0.3 is 14.8 Å². The smallest absolute Gasteiger partial charge is 0.223 e. The number of hydrogen-bond donors (Lipinski definition) is 1. The first-order valence-electron chi connectivity index (χ1n) is 18.2. The molecule has 7 rings (SSSR count). The SMILES string of the molecule is O=C(Cc1ccc(-c2nc3ccc(CC(=O)[C@@H]4CCCN4C(=O)CCc4ccccc4)cc3[nH]2)cc1)[C@@H]1CCCN1C(=O)CCc1ccccc1. The lowest BCUT2D eigenvalue weighted by Gasteiger charge is -2.24. The second-order valence-corrected chi connectivity index (χ2v) is 13.9. The largest absolute Gasteiger partial charge is 0.338 e. The molecule has 2 amide bonds. The third kappa shape index (κ3) is 8.17. The average molecular weight is 681 g/mol. The summed E-state index contributed by atoms with van der Waals surface area (Å²) in [5.74, 6) is 0.957. The molecule has 2 aliphatic rings. The molecule has 2 saturated heterocycles. The Bertz CT molecular complexity index is 2000. The maximum Gasteiger partial charge on any atom is 0.223 e. The maximum absolute atomic E-state index is 13.4. The van der Waals surface area contributed by atoms with Gasteiger partial charge in [-0.3, -0.25) is 19.2 Å². The number of imidazole rings is 1. The molecular formula is C43H44N4O4. The van der Waals surface area contributed by atoms with Gasteiger partial charge in [0.15, 0.2) is 11.6 Å². The van der Waals surface area contributed by atoms with Crippen molar-refractivity contribution in [1.82, 2.24) is 19.8 Å². The predicted molar refractivity (Wildman–Crippen MR) is 198 cm³/mol. The van der Waals surface area contributed by atoms with Crippen LogP contribution >= 0.6 is 0 Å². The molecule has 260 valence electrons. The summed E-state index contributed by atoms with van der Waals surface area (Å²) in [6.07, 6.45) is 5.83. The first kappa shape index (κ1) is 34.1. The zero-order valence-electron chi connectivity index (χ0n) is 28.9. The predicted octanol–water partition coefficient (Wildman–Crippen LogP) is 6.70. The number of aromatic nitrogens is 2. The molecule has 2 aliphatic heterocycles. The molecule has 4 aromatic carbocycles. The summed E-state index contributed by atoms with van der Waals surface area (Å²) in [7, 11) is 0. The Hall–Kier alpha value is -5.37. The summed E-state index contributed by atoms with van der Waals surface area (Å²) >= 11 is 0. The number of carbonyl (C=O) groups is 4. The number of Topliss-reactive ketones (excluding diaryl/α,β-unsaturated/α-hetero) is 2. The third-order valence-corrected chi connectivity index (χ3v) is 10.4. The summed E-state index contributed by atoms with van der Waals surface area (Å²) < 4.78 is 0. The van der Waals surface area contributed by atoms with Crippen LogP contribution in [0.1, 0.15) is 60.8 Å². The highest BCUT2D eigenvalue weighted by atomic mass is 16.2. The minimum atomic E-state index is -0.372. The Kier molecular flexibility index (Phi) is 10.5. The normalized spacial score (nSPS) is 17.3. The maximum atomic E-state index is 13.4. The van der Waals surface area contributed by atoms with E-state index in [-0.39, 0.29) is 48.3 Å². The first-order chi connectivity index (χ1) is 24.9. The molecule has 8 nitrogen and oxygen atoms in total. The monoisotopic (exact) mass is 680 g/mol. The average Bonchev–Trinajstić information content (AvgIpc) is 3.94. The number of nitrogens with zero attached hydrogens (tertiary/aromatic N) is 3. The van der Waals surface area contributed by atoms with Gasteiger partial charge in [0.2, 0.25) is 11.8 Å². The summed E-state index contributed by atoms with van der Waals surface area (Å²) in [5.41, 5.74) is 6.59. The van der Waals surface area contributed by atoms with Crippen molar-refractivity contribution >= 4 is 34.4 Å². The molecule has 5 aromatic rings. The van der Waals surface area contributed by atoms with Gasteiger partial charge in [0.1, 0.15) is 5.82 Å². The van der Waals surface area contributed by atoms with Gasteiger partial charge in [-0.1, -0.05) is 91.0 Å². The molecule has 2 fully saturated rings. The van der Waals surface area contributed by atoms with E-state index in [1.807, 2.05) is 103 Å². The van der Waals surface area contributed by atoms with Gasteiger partial charge in [-0.05, 0) is 72.9 Å². The molecule has 0 spiro atoms. The van der Waals surface area contributed by atoms with E-state index >= 15 is 0 Å². The summed E-state index contributed by atoms with van der Waals surface area (Å²) in [4.78, 5) is 64.6. The fraction of sp³-hybridized carbons (Fsp3) is 0.326. The van der Waals surface area contributed by atoms with Crippen LogP contribution in [-0.2, 0) is 44.9 Å². The van der Waals surface area contributed by atoms with Crippen LogP contribution in [0.3, 0.4) is 0 Å². The number of aromatic amines is 1. The molecule has 1 aromatic heterocycles. The molecule has 51 heavy (non-hydrogen) atoms. The van der Waals surface area contributed by atoms with Gasteiger partial charge in [0, 0.05) is 44.3 Å². The van der Waals surface area contributed by atoms with Gasteiger partial charge >= 0.3 is 0 Å². The molecule has 0 unspecified atom stereocenters. The van der Waals surface area contributed by atoms with Crippen LogP contribution in [0.4, 0.5) is 0 Å². The lowest BCUT2D eigenvalue weighted by molar-refractivity contribution is -0.137. The van der Waals surface area contributed by atoms with E-state index in [0.717, 1.165) is 51.7 Å². The zero-order valence-corrected chi connectivity index (χ0v) is 28.9. The Morgan fingerprint density at radius 3 is 1.67 bits per heavy atom. The highest BCUT2D eigenvalue weighted by molar-refractivity contribution is 5.92. The number of benzene rings is 4. The molecule has 3 heterocycles. The molecule has 1 N–H and O–H groups in total. The van der Waals surface area contributed by atoms with Gasteiger partial charge in [0.05, 0.1) is 23.1 Å². The van der Waals surface area contributed by atoms with Crippen molar-refractivity contribution in [1.29, 1.82) is 0 Å². The van der Waals surface area contributed by atoms with E-state index < -0.39 is 0 Å². The number of nitrogens with one attached hydrogen (secondary N) is 1. The third-order valence-electron chi connectivity index (χ3n) is 10.4. The number of aryl methyl sites for hydroxylation is 2. The van der Waals surface area contributed by atoms with Gasteiger partial charge in [-0.25, -0.2) is 4.98 Å². The van der Waals surface area contributed by atoms with Crippen LogP contribution in [-0.4, -0.2) is 68.3 Å². The van der Waals surface area contributed by atoms with E-state index in [1.54, 1.807) is 9.80 Å². The number of carbonyl (C=O) groups excluding carboxylic acids is 4. The number of likely N-dealkylation sites (tertiary alicyclic amines) is 2. The minimum absolute atomic E-state index is 0.0453. The van der Waals surface area contributed by atoms with Crippen molar-refractivity contribution in [2.45, 2.75) is 76.3 Å². The molecule has 0 saturated carbocycles. The quantitative estimate of drug-likeness (QED) is 0.149. The second kappa shape index (κ2) is 15.7. The van der Waals surface area contributed by atoms with Crippen LogP contribution in [0, 0.1) is 0 Å². The molecule has 2 atom stereocenters. The molecule has 0 aliphatic carbocycles. The Labute approximate surface area is 298 Å². The number of hydrogen-bond acceptors (Lipinski definition) is 5. The molecular weight excluding hydrogens is 636 g/mol. The standard InChI is InChI=1S/C43H44N4O4/c48-39(37-13-7-25-46(37)41(50)23-18-30-9-3-1-4-10-30)28-32-15-20-34(21-16-32)43-44-35-22-17-33(27-36(35)45-43)29-40(49)38-14-8-26-47(38)42(51)24-19-31-11-5-2-6-12-31/h1-6,9-12,15-17,20-22,27,37-38H,7-8,13-14,18-19,23-26,28-29H2,(H,44,45)/t37-,38-/m0/s1. The lowest BCUT2D eigenvalue weighted by Crippen LogP contribution is -2.41. The Morgan fingerprint density at radius 1 is 0.608 bits per heavy atom. The number of amides is 2. The number of ketones is 2. The van der Waals surface area contributed by atoms with Crippen molar-refractivity contribution in [3.8, 4) is 11.4 Å². The van der Waals surface area contributed by atoms with Gasteiger partial charge in [-0.15, -0.1) is 0 Å². The number of fused-ring (bicyclic) bond motifs is 1. The number of H-pyrrole nitrogens is 1. The van der Waals surface area contributed by atoms with E-state index in [0.29, 0.717) is 57.4 Å². The Balaban J connectivity index is 0.939. The molecule has 0 radical (unpaired) electrons. The fourth-order valence-corrected chi connectivity index (χ4v) is 7.60. The summed E-state index contributed by atoms with van der Waals surface area (Å²) in [5, 5.41) is 0. The summed E-state index contributed by atoms with van der Waals surface area (Å²) in [6.45, 7) is 1.27.